The minimum absolute atomic E-state index is 0.0190. The molecule has 4 aliphatic rings. The van der Waals surface area contributed by atoms with E-state index < -0.39 is 5.60 Å². The minimum Gasteiger partial charge on any atom is -0.462 e. The molecule has 0 aromatic heterocycles. The summed E-state index contributed by atoms with van der Waals surface area (Å²) in [6.45, 7) is 13.8. The first-order valence-electron chi connectivity index (χ1n) is 13.9. The van der Waals surface area contributed by atoms with Gasteiger partial charge in [0.1, 0.15) is 6.10 Å². The maximum Gasteiger partial charge on any atom is 0.302 e. The van der Waals surface area contributed by atoms with Gasteiger partial charge in [-0.25, -0.2) is 0 Å². The molecule has 4 fully saturated rings. The molecule has 1 N–H and O–H groups in total. The summed E-state index contributed by atoms with van der Waals surface area (Å²) in [5.41, 5.74) is -0.184. The second-order valence-electron chi connectivity index (χ2n) is 13.4. The van der Waals surface area contributed by atoms with Crippen molar-refractivity contribution in [1.82, 2.24) is 0 Å². The highest BCUT2D eigenvalue weighted by atomic mass is 16.5. The summed E-state index contributed by atoms with van der Waals surface area (Å²) in [4.78, 5) is 11.5. The third kappa shape index (κ3) is 4.07. The second kappa shape index (κ2) is 8.90. The average Bonchev–Trinajstić information content (AvgIpc) is 3.05. The van der Waals surface area contributed by atoms with E-state index in [1.54, 1.807) is 0 Å². The van der Waals surface area contributed by atoms with E-state index in [1.165, 1.54) is 51.9 Å². The van der Waals surface area contributed by atoms with Gasteiger partial charge in [-0.1, -0.05) is 53.9 Å². The molecule has 32 heavy (non-hydrogen) atoms. The predicted octanol–water partition coefficient (Wildman–Crippen LogP) is 7.15. The molecule has 3 heteroatoms. The molecule has 0 aliphatic heterocycles. The van der Waals surface area contributed by atoms with E-state index in [0.29, 0.717) is 17.8 Å². The van der Waals surface area contributed by atoms with Gasteiger partial charge in [0, 0.05) is 13.3 Å². The smallest absolute Gasteiger partial charge is 0.302 e. The van der Waals surface area contributed by atoms with Crippen molar-refractivity contribution in [3.05, 3.63) is 0 Å². The number of rotatable bonds is 6. The number of carbonyl (C=O) groups excluding carboxylic acids is 1. The maximum absolute atomic E-state index is 11.9. The van der Waals surface area contributed by atoms with Gasteiger partial charge in [-0.15, -0.1) is 0 Å². The quantitative estimate of drug-likeness (QED) is 0.440. The second-order valence-corrected chi connectivity index (χ2v) is 13.4. The molecule has 0 bridgehead atoms. The van der Waals surface area contributed by atoms with Crippen molar-refractivity contribution in [1.29, 1.82) is 0 Å². The van der Waals surface area contributed by atoms with Crippen LogP contribution in [0.25, 0.3) is 0 Å². The summed E-state index contributed by atoms with van der Waals surface area (Å²) in [5.74, 6) is 4.59. The summed E-state index contributed by atoms with van der Waals surface area (Å²) in [6, 6.07) is 0. The van der Waals surface area contributed by atoms with Crippen LogP contribution in [-0.4, -0.2) is 22.8 Å². The summed E-state index contributed by atoms with van der Waals surface area (Å²) >= 11 is 0. The van der Waals surface area contributed by atoms with Crippen LogP contribution in [0.5, 0.6) is 0 Å². The van der Waals surface area contributed by atoms with E-state index in [0.717, 1.165) is 55.3 Å². The van der Waals surface area contributed by atoms with Crippen molar-refractivity contribution >= 4 is 5.97 Å². The molecule has 0 aromatic carbocycles. The Morgan fingerprint density at radius 3 is 2.41 bits per heavy atom. The zero-order valence-corrected chi connectivity index (χ0v) is 21.8. The lowest BCUT2D eigenvalue weighted by Gasteiger charge is -2.64. The Morgan fingerprint density at radius 1 is 0.969 bits per heavy atom. The van der Waals surface area contributed by atoms with Crippen LogP contribution in [-0.2, 0) is 9.53 Å². The van der Waals surface area contributed by atoms with E-state index in [4.69, 9.17) is 4.74 Å². The van der Waals surface area contributed by atoms with E-state index in [-0.39, 0.29) is 17.5 Å². The normalized spacial score (nSPS) is 46.8. The first-order valence-corrected chi connectivity index (χ1v) is 13.9. The molecule has 184 valence electrons. The van der Waals surface area contributed by atoms with Gasteiger partial charge in [-0.05, 0) is 97.7 Å². The first kappa shape index (κ1) is 24.6. The van der Waals surface area contributed by atoms with E-state index in [1.807, 2.05) is 0 Å². The molecule has 9 atom stereocenters. The standard InChI is InChI=1S/C29H50O3/c1-19(2)8-7-9-20(3)24-10-11-25-23-13-17-29(31)18-22(32-21(4)30)12-16-28(29,6)26(23)14-15-27(24,25)5/h19-20,22-26,31H,7-18H2,1-6H3/t20-,22-,23-,24+,25+,26-,27-,28-,29-/m1/s1. The fraction of sp³-hybridized carbons (Fsp3) is 0.966. The van der Waals surface area contributed by atoms with E-state index in [2.05, 4.69) is 34.6 Å². The molecular weight excluding hydrogens is 396 g/mol. The monoisotopic (exact) mass is 446 g/mol. The van der Waals surface area contributed by atoms with Crippen LogP contribution in [0.4, 0.5) is 0 Å². The van der Waals surface area contributed by atoms with Gasteiger partial charge >= 0.3 is 5.97 Å². The number of aliphatic hydroxyl groups is 1. The van der Waals surface area contributed by atoms with Gasteiger partial charge in [0.2, 0.25) is 0 Å². The van der Waals surface area contributed by atoms with Crippen LogP contribution in [0, 0.1) is 46.3 Å². The van der Waals surface area contributed by atoms with Gasteiger partial charge in [0.25, 0.3) is 0 Å². The van der Waals surface area contributed by atoms with Gasteiger partial charge in [0.05, 0.1) is 5.60 Å². The lowest BCUT2D eigenvalue weighted by Crippen LogP contribution is -2.63. The number of fused-ring (bicyclic) bond motifs is 5. The van der Waals surface area contributed by atoms with E-state index in [9.17, 15) is 9.90 Å². The molecule has 4 aliphatic carbocycles. The van der Waals surface area contributed by atoms with Crippen molar-refractivity contribution in [2.24, 2.45) is 46.3 Å². The molecule has 4 saturated carbocycles. The number of ether oxygens (including phenoxy) is 1. The number of hydrogen-bond acceptors (Lipinski definition) is 3. The molecule has 0 radical (unpaired) electrons. The molecule has 0 amide bonds. The van der Waals surface area contributed by atoms with E-state index >= 15 is 0 Å². The molecule has 4 rings (SSSR count). The Morgan fingerprint density at radius 2 is 1.72 bits per heavy atom. The van der Waals surface area contributed by atoms with Crippen molar-refractivity contribution in [3.8, 4) is 0 Å². The maximum atomic E-state index is 11.9. The van der Waals surface area contributed by atoms with Gasteiger partial charge in [-0.2, -0.15) is 0 Å². The third-order valence-corrected chi connectivity index (χ3v) is 11.3. The number of hydrogen-bond donors (Lipinski definition) is 1. The lowest BCUT2D eigenvalue weighted by molar-refractivity contribution is -0.224. The highest BCUT2D eigenvalue weighted by Crippen LogP contribution is 2.69. The predicted molar refractivity (Wildman–Crippen MR) is 130 cm³/mol. The van der Waals surface area contributed by atoms with Crippen molar-refractivity contribution < 1.29 is 14.6 Å². The Labute approximate surface area is 197 Å². The number of carbonyl (C=O) groups is 1. The molecule has 0 spiro atoms. The summed E-state index contributed by atoms with van der Waals surface area (Å²) < 4.78 is 5.56. The largest absolute Gasteiger partial charge is 0.462 e. The molecule has 3 nitrogen and oxygen atoms in total. The summed E-state index contributed by atoms with van der Waals surface area (Å²) in [6.07, 6.45) is 14.1. The average molecular weight is 447 g/mol. The van der Waals surface area contributed by atoms with Crippen LogP contribution in [0.2, 0.25) is 0 Å². The Bertz CT molecular complexity index is 688. The van der Waals surface area contributed by atoms with Crippen LogP contribution >= 0.6 is 0 Å². The highest BCUT2D eigenvalue weighted by molar-refractivity contribution is 5.66. The lowest BCUT2D eigenvalue weighted by atomic mass is 9.43. The first-order chi connectivity index (χ1) is 15.0. The molecule has 0 unspecified atom stereocenters. The zero-order valence-electron chi connectivity index (χ0n) is 21.8. The molecule has 0 heterocycles. The van der Waals surface area contributed by atoms with Gasteiger partial charge < -0.3 is 9.84 Å². The highest BCUT2D eigenvalue weighted by Gasteiger charge is 2.64. The minimum atomic E-state index is -0.664. The number of esters is 1. The topological polar surface area (TPSA) is 46.5 Å². The summed E-state index contributed by atoms with van der Waals surface area (Å²) in [7, 11) is 0. The fourth-order valence-corrected chi connectivity index (χ4v) is 9.57. The van der Waals surface area contributed by atoms with Gasteiger partial charge in [-0.3, -0.25) is 4.79 Å². The van der Waals surface area contributed by atoms with Crippen LogP contribution in [0.15, 0.2) is 0 Å². The van der Waals surface area contributed by atoms with Gasteiger partial charge in [0.15, 0.2) is 0 Å². The van der Waals surface area contributed by atoms with Crippen LogP contribution in [0.3, 0.4) is 0 Å². The molecule has 0 aromatic rings. The van der Waals surface area contributed by atoms with Crippen molar-refractivity contribution in [2.45, 2.75) is 130 Å². The fourth-order valence-electron chi connectivity index (χ4n) is 9.57. The Balaban J connectivity index is 1.47. The molecule has 0 saturated heterocycles. The van der Waals surface area contributed by atoms with Crippen LogP contribution < -0.4 is 0 Å². The summed E-state index contributed by atoms with van der Waals surface area (Å²) in [5, 5.41) is 11.9. The SMILES string of the molecule is CC(=O)O[C@@H]1CC[C@]2(C)[C@@H]3CC[C@@]4(C)[C@@H](CC[C@H]4[C@H](C)CCCC(C)C)[C@H]3CC[C@@]2(O)C1. The van der Waals surface area contributed by atoms with Crippen LogP contribution in [0.1, 0.15) is 119 Å². The Kier molecular flexibility index (Phi) is 6.83. The molecular formula is C29H50O3. The third-order valence-electron chi connectivity index (χ3n) is 11.3. The Hall–Kier alpha value is -0.570. The van der Waals surface area contributed by atoms with Crippen molar-refractivity contribution in [2.75, 3.05) is 0 Å². The van der Waals surface area contributed by atoms with Crippen molar-refractivity contribution in [3.63, 3.8) is 0 Å². The zero-order chi connectivity index (χ0) is 23.3.